The molecule has 3 aromatic rings. The van der Waals surface area contributed by atoms with Gasteiger partial charge in [0.05, 0.1) is 17.8 Å². The molecule has 9 nitrogen and oxygen atoms in total. The first kappa shape index (κ1) is 23.5. The largest absolute Gasteiger partial charge is 0.490 e. The second kappa shape index (κ2) is 9.40. The smallest absolute Gasteiger partial charge is 0.255 e. The van der Waals surface area contributed by atoms with E-state index in [1.54, 1.807) is 36.5 Å². The molecule has 0 bridgehead atoms. The summed E-state index contributed by atoms with van der Waals surface area (Å²) in [7, 11) is 0. The molecule has 12 heteroatoms. The first-order chi connectivity index (χ1) is 16.7. The molecule has 3 aromatic heterocycles. The first-order valence-corrected chi connectivity index (χ1v) is 12.2. The van der Waals surface area contributed by atoms with Gasteiger partial charge in [-0.1, -0.05) is 11.3 Å². The third-order valence-corrected chi connectivity index (χ3v) is 6.92. The van der Waals surface area contributed by atoms with Gasteiger partial charge in [-0.05, 0) is 32.4 Å². The zero-order valence-electron chi connectivity index (χ0n) is 19.4. The predicted octanol–water partition coefficient (Wildman–Crippen LogP) is 3.69. The molecule has 1 atom stereocenters. The molecule has 0 aromatic carbocycles. The van der Waals surface area contributed by atoms with E-state index in [-0.39, 0.29) is 31.1 Å². The first-order valence-electron chi connectivity index (χ1n) is 11.4. The van der Waals surface area contributed by atoms with E-state index in [9.17, 15) is 13.6 Å². The zero-order valence-corrected chi connectivity index (χ0v) is 20.2. The summed E-state index contributed by atoms with van der Waals surface area (Å²) in [6, 6.07) is 6.92. The molecule has 1 saturated heterocycles. The Morgan fingerprint density at radius 3 is 2.71 bits per heavy atom. The standard InChI is InChI=1S/C23H25F2N7O2S/c1-13-7-17(34-18-10-23(24,25)11-18)8-16(26-13)9-21(33)27-20-4-3-19(29-30-20)15-5-6-32(12-15)22-31-28-14(2)35-22/h3-4,7-8,15,18H,5-6,9-12H2,1-2H3,(H,27,30,33). The number of pyridine rings is 1. The van der Waals surface area contributed by atoms with Crippen molar-refractivity contribution in [1.29, 1.82) is 0 Å². The van der Waals surface area contributed by atoms with Crippen molar-refractivity contribution in [3.05, 3.63) is 46.4 Å². The van der Waals surface area contributed by atoms with Crippen LogP contribution in [0.1, 0.15) is 47.3 Å². The van der Waals surface area contributed by atoms with Crippen molar-refractivity contribution in [1.82, 2.24) is 25.4 Å². The number of nitrogens with one attached hydrogen (secondary N) is 1. The molecule has 184 valence electrons. The fraction of sp³-hybridized carbons (Fsp3) is 0.478. The predicted molar refractivity (Wildman–Crippen MR) is 126 cm³/mol. The molecule has 1 N–H and O–H groups in total. The van der Waals surface area contributed by atoms with Crippen LogP contribution in [0.15, 0.2) is 24.3 Å². The van der Waals surface area contributed by atoms with E-state index in [0.29, 0.717) is 23.0 Å². The van der Waals surface area contributed by atoms with E-state index in [2.05, 4.69) is 35.6 Å². The van der Waals surface area contributed by atoms with Crippen LogP contribution in [0.5, 0.6) is 5.75 Å². The number of hydrogen-bond donors (Lipinski definition) is 1. The van der Waals surface area contributed by atoms with Crippen LogP contribution in [-0.4, -0.2) is 56.4 Å². The van der Waals surface area contributed by atoms with Gasteiger partial charge in [-0.15, -0.1) is 15.3 Å². The van der Waals surface area contributed by atoms with Crippen LogP contribution in [0.2, 0.25) is 0 Å². The van der Waals surface area contributed by atoms with Crippen molar-refractivity contribution < 1.29 is 18.3 Å². The lowest BCUT2D eigenvalue weighted by molar-refractivity contribution is -0.134. The van der Waals surface area contributed by atoms with Gasteiger partial charge in [0.2, 0.25) is 11.0 Å². The Morgan fingerprint density at radius 1 is 1.20 bits per heavy atom. The molecular formula is C23H25F2N7O2S. The molecule has 1 unspecified atom stereocenters. The summed E-state index contributed by atoms with van der Waals surface area (Å²) in [6.45, 7) is 5.40. The Hall–Kier alpha value is -3.28. The van der Waals surface area contributed by atoms with Gasteiger partial charge >= 0.3 is 0 Å². The molecule has 2 fully saturated rings. The highest BCUT2D eigenvalue weighted by Crippen LogP contribution is 2.39. The number of carbonyl (C=O) groups excluding carboxylic acids is 1. The molecule has 1 saturated carbocycles. The number of amides is 1. The summed E-state index contributed by atoms with van der Waals surface area (Å²) in [4.78, 5) is 19.1. The normalized spacial score (nSPS) is 19.4. The minimum absolute atomic E-state index is 0.00114. The number of aryl methyl sites for hydroxylation is 2. The number of rotatable bonds is 7. The quantitative estimate of drug-likeness (QED) is 0.523. The van der Waals surface area contributed by atoms with Crippen LogP contribution >= 0.6 is 11.3 Å². The van der Waals surface area contributed by atoms with E-state index < -0.39 is 12.0 Å². The minimum Gasteiger partial charge on any atom is -0.490 e. The van der Waals surface area contributed by atoms with E-state index in [4.69, 9.17) is 4.74 Å². The van der Waals surface area contributed by atoms with Gasteiger partial charge < -0.3 is 15.0 Å². The molecule has 1 aliphatic carbocycles. The molecule has 1 aliphatic heterocycles. The second-order valence-corrected chi connectivity index (χ2v) is 10.2. The SMILES string of the molecule is Cc1cc(OC2CC(F)(F)C2)cc(CC(=O)Nc2ccc(C3CCN(c4nnc(C)s4)C3)nn2)n1. The molecule has 0 spiro atoms. The zero-order chi connectivity index (χ0) is 24.6. The minimum atomic E-state index is -2.65. The van der Waals surface area contributed by atoms with Crippen LogP contribution < -0.4 is 15.0 Å². The molecule has 1 amide bonds. The summed E-state index contributed by atoms with van der Waals surface area (Å²) < 4.78 is 31.8. The van der Waals surface area contributed by atoms with Crippen molar-refractivity contribution in [2.75, 3.05) is 23.3 Å². The third kappa shape index (κ3) is 5.69. The molecule has 4 heterocycles. The Balaban J connectivity index is 1.15. The highest BCUT2D eigenvalue weighted by atomic mass is 32.1. The number of ether oxygens (including phenoxy) is 1. The van der Waals surface area contributed by atoms with Crippen molar-refractivity contribution in [2.24, 2.45) is 0 Å². The Bertz CT molecular complexity index is 1210. The summed E-state index contributed by atoms with van der Waals surface area (Å²) in [6.07, 6.45) is -0.155. The van der Waals surface area contributed by atoms with Crippen LogP contribution in [0.3, 0.4) is 0 Å². The van der Waals surface area contributed by atoms with Gasteiger partial charge in [-0.2, -0.15) is 5.10 Å². The Labute approximate surface area is 205 Å². The molecular weight excluding hydrogens is 476 g/mol. The number of anilines is 2. The fourth-order valence-corrected chi connectivity index (χ4v) is 5.03. The highest BCUT2D eigenvalue weighted by Gasteiger charge is 2.47. The van der Waals surface area contributed by atoms with Gasteiger partial charge in [0.1, 0.15) is 16.9 Å². The lowest BCUT2D eigenvalue weighted by Crippen LogP contribution is -2.43. The monoisotopic (exact) mass is 501 g/mol. The van der Waals surface area contributed by atoms with E-state index >= 15 is 0 Å². The third-order valence-electron chi connectivity index (χ3n) is 6.02. The fourth-order valence-electron chi connectivity index (χ4n) is 4.31. The van der Waals surface area contributed by atoms with Crippen LogP contribution in [0.4, 0.5) is 19.7 Å². The number of halogens is 2. The second-order valence-electron chi connectivity index (χ2n) is 9.04. The average molecular weight is 502 g/mol. The summed E-state index contributed by atoms with van der Waals surface area (Å²) >= 11 is 1.58. The highest BCUT2D eigenvalue weighted by molar-refractivity contribution is 7.15. The van der Waals surface area contributed by atoms with E-state index in [0.717, 1.165) is 35.3 Å². The molecule has 0 radical (unpaired) electrons. The molecule has 5 rings (SSSR count). The Morgan fingerprint density at radius 2 is 2.03 bits per heavy atom. The van der Waals surface area contributed by atoms with E-state index in [1.807, 2.05) is 13.0 Å². The summed E-state index contributed by atoms with van der Waals surface area (Å²) in [5.74, 6) is -1.92. The van der Waals surface area contributed by atoms with Crippen LogP contribution in [0, 0.1) is 13.8 Å². The topological polar surface area (TPSA) is 106 Å². The maximum absolute atomic E-state index is 13.1. The number of alkyl halides is 2. The van der Waals surface area contributed by atoms with Gasteiger partial charge in [-0.25, -0.2) is 8.78 Å². The lowest BCUT2D eigenvalue weighted by atomic mass is 9.91. The van der Waals surface area contributed by atoms with Crippen molar-refractivity contribution in [3.8, 4) is 5.75 Å². The number of nitrogens with zero attached hydrogens (tertiary/aromatic N) is 6. The van der Waals surface area contributed by atoms with E-state index in [1.165, 1.54) is 0 Å². The maximum atomic E-state index is 13.1. The average Bonchev–Trinajstić information content (AvgIpc) is 3.42. The number of aromatic nitrogens is 5. The van der Waals surface area contributed by atoms with Gasteiger partial charge in [0, 0.05) is 49.7 Å². The lowest BCUT2D eigenvalue weighted by Gasteiger charge is -2.34. The maximum Gasteiger partial charge on any atom is 0.255 e. The van der Waals surface area contributed by atoms with Crippen molar-refractivity contribution in [2.45, 2.75) is 57.5 Å². The van der Waals surface area contributed by atoms with Crippen molar-refractivity contribution in [3.63, 3.8) is 0 Å². The Kier molecular flexibility index (Phi) is 6.30. The van der Waals surface area contributed by atoms with Gasteiger partial charge in [0.15, 0.2) is 5.82 Å². The summed E-state index contributed by atoms with van der Waals surface area (Å²) in [5, 5.41) is 21.4. The summed E-state index contributed by atoms with van der Waals surface area (Å²) in [5.41, 5.74) is 2.01. The van der Waals surface area contributed by atoms with Crippen LogP contribution in [0.25, 0.3) is 0 Å². The van der Waals surface area contributed by atoms with Gasteiger partial charge in [0.25, 0.3) is 5.92 Å². The van der Waals surface area contributed by atoms with Gasteiger partial charge in [-0.3, -0.25) is 9.78 Å². The number of carbonyl (C=O) groups is 1. The molecule has 35 heavy (non-hydrogen) atoms. The molecule has 2 aliphatic rings. The number of hydrogen-bond acceptors (Lipinski definition) is 9. The van der Waals surface area contributed by atoms with Crippen LogP contribution in [-0.2, 0) is 11.2 Å². The van der Waals surface area contributed by atoms with Crippen molar-refractivity contribution >= 4 is 28.2 Å².